The zero-order valence-electron chi connectivity index (χ0n) is 13.3. The van der Waals surface area contributed by atoms with Crippen LogP contribution in [0, 0.1) is 31.6 Å². The summed E-state index contributed by atoms with van der Waals surface area (Å²) in [7, 11) is 1.71. The Kier molecular flexibility index (Phi) is 2.80. The van der Waals surface area contributed by atoms with Gasteiger partial charge in [0.25, 0.3) is 0 Å². The van der Waals surface area contributed by atoms with Crippen molar-refractivity contribution in [3.63, 3.8) is 0 Å². The fourth-order valence-electron chi connectivity index (χ4n) is 4.20. The SMILES string of the molecule is Cc1ccc(N2C(=O)[C@H]3[C@H](C2=O)[C@@H]2C=C[C@@H]3C(=O)N2C)c(C)c1. The smallest absolute Gasteiger partial charge is 0.240 e. The monoisotopic (exact) mass is 310 g/mol. The first-order valence-corrected chi connectivity index (χ1v) is 7.82. The minimum Gasteiger partial charge on any atom is -0.338 e. The van der Waals surface area contributed by atoms with Crippen molar-refractivity contribution in [2.45, 2.75) is 19.9 Å². The van der Waals surface area contributed by atoms with Gasteiger partial charge in [-0.05, 0) is 25.5 Å². The summed E-state index contributed by atoms with van der Waals surface area (Å²) < 4.78 is 0. The number of aryl methyl sites for hydroxylation is 2. The molecule has 2 bridgehead atoms. The van der Waals surface area contributed by atoms with Crippen LogP contribution in [0.15, 0.2) is 30.4 Å². The van der Waals surface area contributed by atoms with Gasteiger partial charge in [0.2, 0.25) is 17.7 Å². The molecule has 4 aliphatic rings. The summed E-state index contributed by atoms with van der Waals surface area (Å²) >= 11 is 0. The van der Waals surface area contributed by atoms with Gasteiger partial charge in [0.1, 0.15) is 0 Å². The molecular weight excluding hydrogens is 292 g/mol. The lowest BCUT2D eigenvalue weighted by molar-refractivity contribution is -0.148. The molecule has 23 heavy (non-hydrogen) atoms. The van der Waals surface area contributed by atoms with Crippen LogP contribution in [-0.4, -0.2) is 35.7 Å². The van der Waals surface area contributed by atoms with Gasteiger partial charge in [-0.3, -0.25) is 14.4 Å². The van der Waals surface area contributed by atoms with E-state index in [4.69, 9.17) is 0 Å². The highest BCUT2D eigenvalue weighted by atomic mass is 16.2. The Bertz CT molecular complexity index is 782. The number of likely N-dealkylation sites (N-methyl/N-ethyl adjacent to an activating group) is 1. The summed E-state index contributed by atoms with van der Waals surface area (Å²) in [5.74, 6) is -2.02. The van der Waals surface area contributed by atoms with Gasteiger partial charge < -0.3 is 4.90 Å². The second-order valence-electron chi connectivity index (χ2n) is 6.70. The number of hydrogen-bond donors (Lipinski definition) is 0. The molecule has 2 fully saturated rings. The standard InChI is InChI=1S/C18H18N2O3/c1-9-4-6-12(10(2)8-9)20-17(22)14-11-5-7-13(15(14)18(20)23)19(3)16(11)21/h4-8,11,13-15H,1-3H3/t11-,13-,14+,15+/m0/s1. The minimum absolute atomic E-state index is 0.0672. The Morgan fingerprint density at radius 3 is 2.30 bits per heavy atom. The number of imide groups is 1. The van der Waals surface area contributed by atoms with Crippen LogP contribution in [0.5, 0.6) is 0 Å². The van der Waals surface area contributed by atoms with Crippen LogP contribution in [0.3, 0.4) is 0 Å². The Labute approximate surface area is 134 Å². The predicted octanol–water partition coefficient (Wildman–Crippen LogP) is 1.44. The number of rotatable bonds is 1. The zero-order chi connectivity index (χ0) is 16.5. The van der Waals surface area contributed by atoms with E-state index in [2.05, 4.69) is 0 Å². The lowest BCUT2D eigenvalue weighted by Gasteiger charge is -2.44. The highest BCUT2D eigenvalue weighted by Crippen LogP contribution is 2.46. The molecule has 0 N–H and O–H groups in total. The van der Waals surface area contributed by atoms with E-state index >= 15 is 0 Å². The topological polar surface area (TPSA) is 57.7 Å². The first-order chi connectivity index (χ1) is 10.9. The molecule has 4 atom stereocenters. The van der Waals surface area contributed by atoms with Gasteiger partial charge in [0.05, 0.1) is 29.5 Å². The second-order valence-corrected chi connectivity index (χ2v) is 6.70. The summed E-state index contributed by atoms with van der Waals surface area (Å²) in [6, 6.07) is 5.36. The number of hydrogen-bond acceptors (Lipinski definition) is 3. The van der Waals surface area contributed by atoms with Crippen molar-refractivity contribution in [2.24, 2.45) is 17.8 Å². The average Bonchev–Trinajstić information content (AvgIpc) is 2.77. The molecule has 1 aliphatic carbocycles. The molecule has 0 radical (unpaired) electrons. The van der Waals surface area contributed by atoms with Crippen molar-refractivity contribution in [2.75, 3.05) is 11.9 Å². The first kappa shape index (κ1) is 14.2. The third-order valence-corrected chi connectivity index (χ3v) is 5.34. The van der Waals surface area contributed by atoms with Crippen LogP contribution >= 0.6 is 0 Å². The number of fused-ring (bicyclic) bond motifs is 1. The van der Waals surface area contributed by atoms with E-state index in [9.17, 15) is 14.4 Å². The van der Waals surface area contributed by atoms with Crippen molar-refractivity contribution in [3.05, 3.63) is 41.5 Å². The van der Waals surface area contributed by atoms with E-state index in [1.165, 1.54) is 4.90 Å². The van der Waals surface area contributed by atoms with Crippen LogP contribution in [0.1, 0.15) is 11.1 Å². The number of carbonyl (C=O) groups is 3. The van der Waals surface area contributed by atoms with Gasteiger partial charge in [-0.25, -0.2) is 4.90 Å². The highest BCUT2D eigenvalue weighted by Gasteiger charge is 2.61. The summed E-state index contributed by atoms with van der Waals surface area (Å²) in [6.45, 7) is 3.87. The third-order valence-electron chi connectivity index (χ3n) is 5.34. The molecule has 5 rings (SSSR count). The molecule has 118 valence electrons. The van der Waals surface area contributed by atoms with Gasteiger partial charge in [0, 0.05) is 7.05 Å². The van der Waals surface area contributed by atoms with E-state index in [-0.39, 0.29) is 23.8 Å². The Morgan fingerprint density at radius 2 is 1.61 bits per heavy atom. The van der Waals surface area contributed by atoms with Crippen molar-refractivity contribution in [1.29, 1.82) is 0 Å². The van der Waals surface area contributed by atoms with Gasteiger partial charge in [-0.2, -0.15) is 0 Å². The Morgan fingerprint density at radius 1 is 0.913 bits per heavy atom. The third kappa shape index (κ3) is 1.70. The molecular formula is C18H18N2O3. The lowest BCUT2D eigenvalue weighted by atomic mass is 9.70. The normalized spacial score (nSPS) is 32.0. The predicted molar refractivity (Wildman–Crippen MR) is 84.6 cm³/mol. The molecule has 0 aromatic heterocycles. The summed E-state index contributed by atoms with van der Waals surface area (Å²) in [4.78, 5) is 41.1. The number of nitrogens with zero attached hydrogens (tertiary/aromatic N) is 2. The molecule has 3 amide bonds. The van der Waals surface area contributed by atoms with Gasteiger partial charge in [-0.15, -0.1) is 0 Å². The molecule has 5 nitrogen and oxygen atoms in total. The fourth-order valence-corrected chi connectivity index (χ4v) is 4.20. The molecule has 0 spiro atoms. The van der Waals surface area contributed by atoms with E-state index in [0.29, 0.717) is 5.69 Å². The number of carbonyl (C=O) groups excluding carboxylic acids is 3. The first-order valence-electron chi connectivity index (χ1n) is 7.82. The highest BCUT2D eigenvalue weighted by molar-refractivity contribution is 6.24. The maximum absolute atomic E-state index is 13.0. The quantitative estimate of drug-likeness (QED) is 0.582. The molecule has 1 aromatic rings. The zero-order valence-corrected chi connectivity index (χ0v) is 13.3. The molecule has 2 saturated heterocycles. The van der Waals surface area contributed by atoms with E-state index in [1.54, 1.807) is 18.0 Å². The van der Waals surface area contributed by atoms with Crippen LogP contribution in [0.25, 0.3) is 0 Å². The van der Waals surface area contributed by atoms with E-state index in [1.807, 2.05) is 38.1 Å². The largest absolute Gasteiger partial charge is 0.338 e. The number of piperidine rings is 1. The van der Waals surface area contributed by atoms with E-state index < -0.39 is 17.8 Å². The number of amides is 3. The maximum Gasteiger partial charge on any atom is 0.240 e. The minimum atomic E-state index is -0.554. The van der Waals surface area contributed by atoms with Crippen molar-refractivity contribution < 1.29 is 14.4 Å². The van der Waals surface area contributed by atoms with Crippen LogP contribution < -0.4 is 4.90 Å². The molecule has 0 saturated carbocycles. The maximum atomic E-state index is 13.0. The summed E-state index contributed by atoms with van der Waals surface area (Å²) in [5.41, 5.74) is 2.61. The van der Waals surface area contributed by atoms with Crippen molar-refractivity contribution in [1.82, 2.24) is 4.90 Å². The van der Waals surface area contributed by atoms with Crippen LogP contribution in [0.4, 0.5) is 5.69 Å². The molecule has 1 aromatic carbocycles. The average molecular weight is 310 g/mol. The molecule has 3 aliphatic heterocycles. The van der Waals surface area contributed by atoms with Gasteiger partial charge in [0.15, 0.2) is 0 Å². The van der Waals surface area contributed by atoms with Gasteiger partial charge in [-0.1, -0.05) is 29.8 Å². The van der Waals surface area contributed by atoms with Crippen LogP contribution in [0.2, 0.25) is 0 Å². The van der Waals surface area contributed by atoms with Crippen LogP contribution in [-0.2, 0) is 14.4 Å². The van der Waals surface area contributed by atoms with Gasteiger partial charge >= 0.3 is 0 Å². The molecule has 5 heteroatoms. The lowest BCUT2D eigenvalue weighted by Crippen LogP contribution is -2.57. The summed E-state index contributed by atoms with van der Waals surface area (Å²) in [6.07, 6.45) is 3.69. The Balaban J connectivity index is 1.81. The van der Waals surface area contributed by atoms with Crippen molar-refractivity contribution >= 4 is 23.4 Å². The fraction of sp³-hybridized carbons (Fsp3) is 0.389. The second kappa shape index (κ2) is 4.54. The number of anilines is 1. The molecule has 3 heterocycles. The number of benzene rings is 1. The Hall–Kier alpha value is -2.43. The molecule has 0 unspecified atom stereocenters. The van der Waals surface area contributed by atoms with Crippen molar-refractivity contribution in [3.8, 4) is 0 Å². The summed E-state index contributed by atoms with van der Waals surface area (Å²) in [5, 5.41) is 0. The van der Waals surface area contributed by atoms with E-state index in [0.717, 1.165) is 11.1 Å².